The van der Waals surface area contributed by atoms with Crippen LogP contribution in [0.25, 0.3) is 0 Å². The van der Waals surface area contributed by atoms with Crippen LogP contribution in [0.3, 0.4) is 0 Å². The minimum atomic E-state index is -5.15. The molecule has 1 aromatic carbocycles. The lowest BCUT2D eigenvalue weighted by molar-refractivity contribution is -0.140. The Labute approximate surface area is 228 Å². The Balaban J connectivity index is 1.80. The van der Waals surface area contributed by atoms with E-state index in [9.17, 15) is 27.6 Å². The van der Waals surface area contributed by atoms with Crippen LogP contribution in [0.15, 0.2) is 46.1 Å². The van der Waals surface area contributed by atoms with Crippen LogP contribution >= 0.6 is 0 Å². The molecule has 218 valence electrons. The second kappa shape index (κ2) is 14.9. The third kappa shape index (κ3) is 8.12. The van der Waals surface area contributed by atoms with E-state index in [4.69, 9.17) is 30.1 Å². The molecular weight excluding hydrogens is 537 g/mol. The molecule has 2 aromatic rings. The highest BCUT2D eigenvalue weighted by molar-refractivity contribution is 5.95. The Hall–Kier alpha value is -3.28. The van der Waals surface area contributed by atoms with E-state index >= 15 is 0 Å². The molecule has 3 rings (SSSR count). The summed E-state index contributed by atoms with van der Waals surface area (Å²) in [6.45, 7) is 3.03. The highest BCUT2D eigenvalue weighted by atomic mass is 19.4. The number of benzene rings is 1. The predicted octanol–water partition coefficient (Wildman–Crippen LogP) is 2.83. The maximum absolute atomic E-state index is 13.8. The molecule has 1 fully saturated rings. The van der Waals surface area contributed by atoms with Gasteiger partial charge in [-0.2, -0.15) is 17.7 Å². The molecule has 1 aromatic heterocycles. The number of carbonyl (C=O) groups excluding carboxylic acids is 1. The topological polar surface area (TPSA) is 107 Å². The summed E-state index contributed by atoms with van der Waals surface area (Å²) in [5.41, 5.74) is -4.91. The summed E-state index contributed by atoms with van der Waals surface area (Å²) in [4.78, 5) is 38.9. The molecule has 1 saturated heterocycles. The first-order valence-corrected chi connectivity index (χ1v) is 12.7. The average Bonchev–Trinajstić information content (AvgIpc) is 3.33. The number of ether oxygens (including phenoxy) is 5. The molecule has 10 nitrogen and oxygen atoms in total. The molecule has 0 saturated carbocycles. The molecule has 0 radical (unpaired) electrons. The molecule has 0 bridgehead atoms. The van der Waals surface area contributed by atoms with Crippen LogP contribution in [0.2, 0.25) is 0 Å². The fourth-order valence-corrected chi connectivity index (χ4v) is 3.96. The van der Waals surface area contributed by atoms with Gasteiger partial charge in [0.2, 0.25) is 0 Å². The van der Waals surface area contributed by atoms with Gasteiger partial charge < -0.3 is 23.7 Å². The predicted molar refractivity (Wildman–Crippen MR) is 136 cm³/mol. The number of rotatable bonds is 14. The number of halogens is 3. The second-order valence-corrected chi connectivity index (χ2v) is 8.82. The van der Waals surface area contributed by atoms with Crippen LogP contribution in [0.1, 0.15) is 48.3 Å². The number of alkyl halides is 3. The van der Waals surface area contributed by atoms with Crippen LogP contribution in [-0.4, -0.2) is 67.1 Å². The first-order chi connectivity index (χ1) is 19.2. The van der Waals surface area contributed by atoms with Crippen molar-refractivity contribution in [2.75, 3.05) is 39.8 Å². The quantitative estimate of drug-likeness (QED) is 0.195. The van der Waals surface area contributed by atoms with E-state index in [-0.39, 0.29) is 36.6 Å². The lowest BCUT2D eigenvalue weighted by Gasteiger charge is -2.19. The van der Waals surface area contributed by atoms with Crippen molar-refractivity contribution in [3.63, 3.8) is 0 Å². The molecule has 40 heavy (non-hydrogen) atoms. The number of nitrogens with zero attached hydrogens (tertiary/aromatic N) is 2. The van der Waals surface area contributed by atoms with Crippen LogP contribution in [0.5, 0.6) is 0 Å². The van der Waals surface area contributed by atoms with Gasteiger partial charge in [0.15, 0.2) is 0 Å². The molecule has 3 atom stereocenters. The monoisotopic (exact) mass is 568 g/mol. The largest absolute Gasteiger partial charge is 0.423 e. The van der Waals surface area contributed by atoms with Crippen molar-refractivity contribution in [1.82, 2.24) is 9.13 Å². The van der Waals surface area contributed by atoms with Crippen molar-refractivity contribution in [3.8, 4) is 12.3 Å². The van der Waals surface area contributed by atoms with E-state index in [1.807, 2.05) is 0 Å². The van der Waals surface area contributed by atoms with E-state index < -0.39 is 47.3 Å². The van der Waals surface area contributed by atoms with Crippen molar-refractivity contribution in [3.05, 3.63) is 68.5 Å². The third-order valence-corrected chi connectivity index (χ3v) is 5.98. The van der Waals surface area contributed by atoms with Gasteiger partial charge >= 0.3 is 11.9 Å². The normalized spacial score (nSPS) is 19.0. The minimum absolute atomic E-state index is 0.0426. The van der Waals surface area contributed by atoms with Crippen LogP contribution < -0.4 is 11.2 Å². The van der Waals surface area contributed by atoms with Crippen molar-refractivity contribution in [2.24, 2.45) is 0 Å². The molecule has 0 N–H and O–H groups in total. The summed E-state index contributed by atoms with van der Waals surface area (Å²) in [5, 5.41) is 0. The zero-order valence-electron chi connectivity index (χ0n) is 21.9. The highest BCUT2D eigenvalue weighted by Gasteiger charge is 2.41. The average molecular weight is 569 g/mol. The Kier molecular flexibility index (Phi) is 11.7. The standard InChI is InChI=1S/C27H31F3N2O8/c1-3-5-12-36-13-14-37-18-38-17-22-21(39-11-4-2)15-23(40-22)31-16-20(27(28,29)30)25(34)32(26(31)35)24(33)19-9-7-6-8-10-19/h2,6-10,16,21-23H,3,5,11-15,17-18H2,1H3/t21-,22+,23+/m0/s1. The molecule has 13 heteroatoms. The zero-order chi connectivity index (χ0) is 29.1. The summed E-state index contributed by atoms with van der Waals surface area (Å²) in [5.74, 6) is 1.10. The van der Waals surface area contributed by atoms with Crippen molar-refractivity contribution in [2.45, 2.75) is 50.8 Å². The number of hydrogen-bond donors (Lipinski definition) is 0. The molecular formula is C27H31F3N2O8. The molecule has 1 aliphatic heterocycles. The van der Waals surface area contributed by atoms with Crippen molar-refractivity contribution >= 4 is 5.91 Å². The van der Waals surface area contributed by atoms with Gasteiger partial charge in [-0.15, -0.1) is 6.42 Å². The van der Waals surface area contributed by atoms with Crippen molar-refractivity contribution < 1.29 is 41.7 Å². The maximum Gasteiger partial charge on any atom is 0.423 e. The molecule has 1 aliphatic rings. The van der Waals surface area contributed by atoms with E-state index in [1.165, 1.54) is 24.3 Å². The summed E-state index contributed by atoms with van der Waals surface area (Å²) in [6.07, 6.45) is -0.564. The van der Waals surface area contributed by atoms with Crippen LogP contribution in [0, 0.1) is 12.3 Å². The molecule has 2 heterocycles. The van der Waals surface area contributed by atoms with Gasteiger partial charge in [0.1, 0.15) is 31.3 Å². The maximum atomic E-state index is 13.8. The number of hydrogen-bond acceptors (Lipinski definition) is 8. The Morgan fingerprint density at radius 2 is 1.85 bits per heavy atom. The van der Waals surface area contributed by atoms with Gasteiger partial charge in [-0.3, -0.25) is 14.2 Å². The van der Waals surface area contributed by atoms with E-state index in [0.717, 1.165) is 12.8 Å². The van der Waals surface area contributed by atoms with Gasteiger partial charge in [0.25, 0.3) is 11.5 Å². The first kappa shape index (κ1) is 31.3. The number of terminal acetylenes is 1. The fraction of sp³-hybridized carbons (Fsp3) is 0.519. The van der Waals surface area contributed by atoms with Crippen molar-refractivity contribution in [1.29, 1.82) is 0 Å². The fourth-order valence-electron chi connectivity index (χ4n) is 3.96. The van der Waals surface area contributed by atoms with Gasteiger partial charge in [0.05, 0.1) is 25.9 Å². The molecule has 0 aliphatic carbocycles. The van der Waals surface area contributed by atoms with Gasteiger partial charge in [-0.05, 0) is 18.6 Å². The number of carbonyl (C=O) groups is 1. The van der Waals surface area contributed by atoms with E-state index in [0.29, 0.717) is 30.6 Å². The summed E-state index contributed by atoms with van der Waals surface area (Å²) in [7, 11) is 0. The molecule has 0 amide bonds. The molecule has 0 unspecified atom stereocenters. The Bertz CT molecular complexity index is 1270. The van der Waals surface area contributed by atoms with E-state index in [1.54, 1.807) is 6.07 Å². The third-order valence-electron chi connectivity index (χ3n) is 5.98. The SMILES string of the molecule is C#CCO[C@H]1C[C@H](n2cc(C(F)(F)F)c(=O)n(C(=O)c3ccccc3)c2=O)O[C@@H]1COCOCCOCCCC. The van der Waals surface area contributed by atoms with E-state index in [2.05, 4.69) is 12.8 Å². The first-order valence-electron chi connectivity index (χ1n) is 12.7. The lowest BCUT2D eigenvalue weighted by atomic mass is 10.2. The van der Waals surface area contributed by atoms with Crippen LogP contribution in [-0.2, 0) is 29.9 Å². The minimum Gasteiger partial charge on any atom is -0.379 e. The number of unbranched alkanes of at least 4 members (excludes halogenated alkanes) is 1. The van der Waals surface area contributed by atoms with Gasteiger partial charge in [-0.1, -0.05) is 37.5 Å². The number of aromatic nitrogens is 2. The zero-order valence-corrected chi connectivity index (χ0v) is 21.9. The highest BCUT2D eigenvalue weighted by Crippen LogP contribution is 2.32. The van der Waals surface area contributed by atoms with Gasteiger partial charge in [-0.25, -0.2) is 4.79 Å². The Morgan fingerprint density at radius 1 is 1.12 bits per heavy atom. The molecule has 0 spiro atoms. The summed E-state index contributed by atoms with van der Waals surface area (Å²) < 4.78 is 69.5. The second-order valence-electron chi connectivity index (χ2n) is 8.82. The lowest BCUT2D eigenvalue weighted by Crippen LogP contribution is -2.47. The van der Waals surface area contributed by atoms with Crippen LogP contribution in [0.4, 0.5) is 13.2 Å². The smallest absolute Gasteiger partial charge is 0.379 e. The summed E-state index contributed by atoms with van der Waals surface area (Å²) in [6, 6.07) is 7.03. The Morgan fingerprint density at radius 3 is 2.52 bits per heavy atom. The van der Waals surface area contributed by atoms with Gasteiger partial charge in [0, 0.05) is 24.8 Å². The summed E-state index contributed by atoms with van der Waals surface area (Å²) >= 11 is 0.